The molecule has 1 fully saturated rings. The van der Waals surface area contributed by atoms with E-state index < -0.39 is 0 Å². The van der Waals surface area contributed by atoms with E-state index in [1.165, 1.54) is 43.8 Å². The minimum atomic E-state index is 0.376. The predicted octanol–water partition coefficient (Wildman–Crippen LogP) is 6.29. The average molecular weight is 320 g/mol. The third kappa shape index (κ3) is 1.87. The molecule has 1 aliphatic heterocycles. The highest BCUT2D eigenvalue weighted by Crippen LogP contribution is 2.59. The van der Waals surface area contributed by atoms with Crippen LogP contribution in [0.4, 0.5) is 0 Å². The third-order valence-electron chi connectivity index (χ3n) is 5.49. The Morgan fingerprint density at radius 3 is 1.56 bits per heavy atom. The fourth-order valence-electron chi connectivity index (χ4n) is 4.32. The molecule has 4 aromatic carbocycles. The quantitative estimate of drug-likeness (QED) is 0.305. The molecule has 1 heteroatoms. The molecule has 0 radical (unpaired) electrons. The van der Waals surface area contributed by atoms with E-state index in [9.17, 15) is 0 Å². The molecule has 3 aliphatic rings. The van der Waals surface area contributed by atoms with Crippen LogP contribution in [-0.2, 0) is 4.74 Å². The molecule has 2 aliphatic carbocycles. The SMILES string of the molecule is C1=Cc2cccc3cccc1c23.c1cc2c3c(cccc3c1)C1OC21. The van der Waals surface area contributed by atoms with E-state index in [1.807, 2.05) is 0 Å². The second-order valence-electron chi connectivity index (χ2n) is 6.90. The van der Waals surface area contributed by atoms with E-state index in [-0.39, 0.29) is 0 Å². The lowest BCUT2D eigenvalue weighted by Crippen LogP contribution is -1.82. The molecule has 0 amide bonds. The molecular formula is C24H16O. The van der Waals surface area contributed by atoms with Gasteiger partial charge in [0.25, 0.3) is 0 Å². The van der Waals surface area contributed by atoms with Gasteiger partial charge in [0, 0.05) is 0 Å². The van der Waals surface area contributed by atoms with Crippen molar-refractivity contribution in [1.29, 1.82) is 0 Å². The minimum absolute atomic E-state index is 0.376. The van der Waals surface area contributed by atoms with Gasteiger partial charge in [-0.3, -0.25) is 0 Å². The van der Waals surface area contributed by atoms with Crippen LogP contribution in [0.3, 0.4) is 0 Å². The van der Waals surface area contributed by atoms with Crippen molar-refractivity contribution in [3.63, 3.8) is 0 Å². The molecule has 118 valence electrons. The molecule has 1 saturated heterocycles. The zero-order chi connectivity index (χ0) is 16.4. The number of ether oxygens (including phenoxy) is 1. The van der Waals surface area contributed by atoms with Crippen LogP contribution in [0.15, 0.2) is 72.8 Å². The minimum Gasteiger partial charge on any atom is -0.359 e. The number of hydrogen-bond donors (Lipinski definition) is 0. The van der Waals surface area contributed by atoms with E-state index in [2.05, 4.69) is 84.9 Å². The van der Waals surface area contributed by atoms with Gasteiger partial charge in [0.2, 0.25) is 0 Å². The molecule has 2 atom stereocenters. The molecule has 25 heavy (non-hydrogen) atoms. The largest absolute Gasteiger partial charge is 0.359 e. The van der Waals surface area contributed by atoms with Crippen LogP contribution in [0.25, 0.3) is 33.7 Å². The Hall–Kier alpha value is -2.90. The van der Waals surface area contributed by atoms with E-state index in [0.29, 0.717) is 12.2 Å². The van der Waals surface area contributed by atoms with Crippen molar-refractivity contribution in [3.8, 4) is 0 Å². The Kier molecular flexibility index (Phi) is 2.58. The highest BCUT2D eigenvalue weighted by molar-refractivity contribution is 6.04. The first-order chi connectivity index (χ1) is 12.4. The van der Waals surface area contributed by atoms with Gasteiger partial charge < -0.3 is 4.74 Å². The van der Waals surface area contributed by atoms with Gasteiger partial charge in [-0.15, -0.1) is 0 Å². The second kappa shape index (κ2) is 4.81. The lowest BCUT2D eigenvalue weighted by atomic mass is 10.0. The highest BCUT2D eigenvalue weighted by Gasteiger charge is 2.48. The summed E-state index contributed by atoms with van der Waals surface area (Å²) >= 11 is 0. The molecule has 1 nitrogen and oxygen atoms in total. The number of rotatable bonds is 0. The standard InChI is InChI=1S/C12H8O.C12H8/c1-3-7-4-2-6-9-10(7)8(5-1)11-12(9)13-11;1-3-9-4-2-6-11-8-7-10(5-1)12(9)11/h1-6,11-12H;1-8H. The summed E-state index contributed by atoms with van der Waals surface area (Å²) in [4.78, 5) is 0. The second-order valence-corrected chi connectivity index (χ2v) is 6.90. The Labute approximate surface area is 146 Å². The zero-order valence-corrected chi connectivity index (χ0v) is 13.6. The van der Waals surface area contributed by atoms with Crippen LogP contribution in [0.2, 0.25) is 0 Å². The van der Waals surface area contributed by atoms with Crippen LogP contribution in [0, 0.1) is 0 Å². The van der Waals surface area contributed by atoms with Crippen molar-refractivity contribution in [2.75, 3.05) is 0 Å². The average Bonchev–Trinajstić information content (AvgIpc) is 3.26. The smallest absolute Gasteiger partial charge is 0.114 e. The number of hydrogen-bond acceptors (Lipinski definition) is 1. The van der Waals surface area contributed by atoms with Crippen LogP contribution in [-0.4, -0.2) is 0 Å². The molecule has 0 spiro atoms. The molecule has 2 unspecified atom stereocenters. The summed E-state index contributed by atoms with van der Waals surface area (Å²) in [7, 11) is 0. The van der Waals surface area contributed by atoms with Crippen LogP contribution < -0.4 is 0 Å². The maximum atomic E-state index is 5.57. The topological polar surface area (TPSA) is 12.5 Å². The van der Waals surface area contributed by atoms with Crippen LogP contribution in [0.1, 0.15) is 34.5 Å². The van der Waals surface area contributed by atoms with Crippen molar-refractivity contribution in [2.24, 2.45) is 0 Å². The summed E-state index contributed by atoms with van der Waals surface area (Å²) in [6.07, 6.45) is 5.11. The fourth-order valence-corrected chi connectivity index (χ4v) is 4.32. The summed E-state index contributed by atoms with van der Waals surface area (Å²) in [5.41, 5.74) is 5.47. The Morgan fingerprint density at radius 2 is 1.00 bits per heavy atom. The van der Waals surface area contributed by atoms with Gasteiger partial charge in [0.1, 0.15) is 12.2 Å². The Morgan fingerprint density at radius 1 is 0.520 bits per heavy atom. The molecular weight excluding hydrogens is 304 g/mol. The summed E-state index contributed by atoms with van der Waals surface area (Å²) in [5, 5.41) is 5.53. The lowest BCUT2D eigenvalue weighted by molar-refractivity contribution is 0.374. The first kappa shape index (κ1) is 13.4. The van der Waals surface area contributed by atoms with E-state index in [1.54, 1.807) is 0 Å². The molecule has 0 saturated carbocycles. The van der Waals surface area contributed by atoms with Crippen molar-refractivity contribution in [3.05, 3.63) is 95.1 Å². The molecule has 0 bridgehead atoms. The van der Waals surface area contributed by atoms with Gasteiger partial charge in [-0.2, -0.15) is 0 Å². The summed E-state index contributed by atoms with van der Waals surface area (Å²) in [5.74, 6) is 0. The first-order valence-corrected chi connectivity index (χ1v) is 8.77. The van der Waals surface area contributed by atoms with Gasteiger partial charge >= 0.3 is 0 Å². The molecule has 0 aromatic heterocycles. The molecule has 0 N–H and O–H groups in total. The van der Waals surface area contributed by atoms with Gasteiger partial charge in [-0.1, -0.05) is 84.9 Å². The first-order valence-electron chi connectivity index (χ1n) is 8.77. The van der Waals surface area contributed by atoms with E-state index >= 15 is 0 Å². The number of benzene rings is 4. The predicted molar refractivity (Wildman–Crippen MR) is 103 cm³/mol. The van der Waals surface area contributed by atoms with E-state index in [0.717, 1.165) is 0 Å². The van der Waals surface area contributed by atoms with Crippen molar-refractivity contribution in [1.82, 2.24) is 0 Å². The molecule has 1 heterocycles. The lowest BCUT2D eigenvalue weighted by Gasteiger charge is -2.03. The summed E-state index contributed by atoms with van der Waals surface area (Å²) < 4.78 is 5.57. The van der Waals surface area contributed by atoms with Gasteiger partial charge in [0.15, 0.2) is 0 Å². The summed E-state index contributed by atoms with van der Waals surface area (Å²) in [6, 6.07) is 25.8. The molecule has 4 aromatic rings. The van der Waals surface area contributed by atoms with Crippen molar-refractivity contribution in [2.45, 2.75) is 12.2 Å². The van der Waals surface area contributed by atoms with Gasteiger partial charge in [0.05, 0.1) is 0 Å². The highest BCUT2D eigenvalue weighted by atomic mass is 16.6. The van der Waals surface area contributed by atoms with Crippen molar-refractivity contribution >= 4 is 33.7 Å². The van der Waals surface area contributed by atoms with Crippen molar-refractivity contribution < 1.29 is 4.74 Å². The van der Waals surface area contributed by atoms with Crippen LogP contribution in [0.5, 0.6) is 0 Å². The Balaban J connectivity index is 0.000000103. The zero-order valence-electron chi connectivity index (χ0n) is 13.6. The molecule has 7 rings (SSSR count). The maximum Gasteiger partial charge on any atom is 0.114 e. The monoisotopic (exact) mass is 320 g/mol. The summed E-state index contributed by atoms with van der Waals surface area (Å²) in [6.45, 7) is 0. The van der Waals surface area contributed by atoms with Gasteiger partial charge in [-0.25, -0.2) is 0 Å². The normalized spacial score (nSPS) is 20.5. The fraction of sp³-hybridized carbons (Fsp3) is 0.0833. The van der Waals surface area contributed by atoms with E-state index in [4.69, 9.17) is 4.74 Å². The maximum absolute atomic E-state index is 5.57. The van der Waals surface area contributed by atoms with Gasteiger partial charge in [-0.05, 0) is 43.8 Å². The van der Waals surface area contributed by atoms with Crippen LogP contribution >= 0.6 is 0 Å². The Bertz CT molecular complexity index is 1100. The number of epoxide rings is 1. The third-order valence-corrected chi connectivity index (χ3v) is 5.49. The number of fused-ring (bicyclic) bond motifs is 3.